The molecule has 0 unspecified atom stereocenters. The van der Waals surface area contributed by atoms with E-state index in [1.807, 2.05) is 6.92 Å². The second-order valence-corrected chi connectivity index (χ2v) is 11.7. The summed E-state index contributed by atoms with van der Waals surface area (Å²) in [5, 5.41) is 10.9. The zero-order valence-corrected chi connectivity index (χ0v) is 24.2. The quantitative estimate of drug-likeness (QED) is 0.0780. The summed E-state index contributed by atoms with van der Waals surface area (Å²) in [6.07, 6.45) is -0.0708. The number of non-ortho nitro benzene ring substituents is 1. The Bertz CT molecular complexity index is 1820. The summed E-state index contributed by atoms with van der Waals surface area (Å²) in [7, 11) is -4.05. The van der Waals surface area contributed by atoms with Gasteiger partial charge in [0.25, 0.3) is 5.69 Å². The van der Waals surface area contributed by atoms with Crippen LogP contribution in [-0.2, 0) is 24.4 Å². The number of rotatable bonds is 10. The lowest BCUT2D eigenvalue weighted by Gasteiger charge is -2.17. The van der Waals surface area contributed by atoms with Gasteiger partial charge in [0, 0.05) is 36.3 Å². The third-order valence-electron chi connectivity index (χ3n) is 7.09. The molecular formula is C32H26N2O9S. The highest BCUT2D eigenvalue weighted by Crippen LogP contribution is 2.29. The highest BCUT2D eigenvalue weighted by Gasteiger charge is 2.36. The van der Waals surface area contributed by atoms with Crippen LogP contribution < -0.4 is 9.08 Å². The molecule has 11 nitrogen and oxygen atoms in total. The Kier molecular flexibility index (Phi) is 8.54. The number of esters is 1. The van der Waals surface area contributed by atoms with Crippen LogP contribution in [0.4, 0.5) is 11.4 Å². The Morgan fingerprint density at radius 3 is 2.07 bits per heavy atom. The first-order valence-electron chi connectivity index (χ1n) is 13.5. The molecule has 1 amide bonds. The molecule has 0 saturated carbocycles. The minimum atomic E-state index is -4.05. The highest BCUT2D eigenvalue weighted by molar-refractivity contribution is 7.87. The molecule has 0 bridgehead atoms. The normalized spacial score (nSPS) is 14.7. The van der Waals surface area contributed by atoms with Crippen LogP contribution in [0.3, 0.4) is 0 Å². The monoisotopic (exact) mass is 614 g/mol. The summed E-state index contributed by atoms with van der Waals surface area (Å²) in [6.45, 7) is 1.37. The van der Waals surface area contributed by atoms with Crippen LogP contribution in [0.2, 0.25) is 0 Å². The van der Waals surface area contributed by atoms with Gasteiger partial charge in [-0.1, -0.05) is 29.8 Å². The molecule has 0 radical (unpaired) electrons. The topological polar surface area (TPSA) is 150 Å². The van der Waals surface area contributed by atoms with Gasteiger partial charge in [0.2, 0.25) is 5.91 Å². The molecule has 4 aromatic rings. The lowest BCUT2D eigenvalue weighted by atomic mass is 10.0. The first-order chi connectivity index (χ1) is 21.0. The van der Waals surface area contributed by atoms with Gasteiger partial charge in [0.05, 0.1) is 10.8 Å². The summed E-state index contributed by atoms with van der Waals surface area (Å²) in [5.41, 5.74) is 3.24. The van der Waals surface area contributed by atoms with E-state index in [0.717, 1.165) is 16.7 Å². The molecule has 1 aliphatic rings. The van der Waals surface area contributed by atoms with E-state index in [1.165, 1.54) is 53.4 Å². The minimum Gasteiger partial charge on any atom is -0.457 e. The number of nitro benzene ring substituents is 1. The van der Waals surface area contributed by atoms with Crippen molar-refractivity contribution in [1.29, 1.82) is 0 Å². The van der Waals surface area contributed by atoms with Gasteiger partial charge in [-0.25, -0.2) is 0 Å². The second kappa shape index (κ2) is 12.5. The van der Waals surface area contributed by atoms with Crippen molar-refractivity contribution in [3.05, 3.63) is 118 Å². The summed E-state index contributed by atoms with van der Waals surface area (Å²) < 4.78 is 35.3. The Labute approximate surface area is 252 Å². The fraction of sp³-hybridized carbons (Fsp3) is 0.156. The van der Waals surface area contributed by atoms with E-state index >= 15 is 0 Å². The summed E-state index contributed by atoms with van der Waals surface area (Å²) in [6, 6.07) is 24.7. The molecule has 5 rings (SSSR count). The van der Waals surface area contributed by atoms with E-state index in [-0.39, 0.29) is 40.8 Å². The van der Waals surface area contributed by atoms with Crippen molar-refractivity contribution in [2.75, 3.05) is 18.1 Å². The largest absolute Gasteiger partial charge is 0.457 e. The van der Waals surface area contributed by atoms with Crippen LogP contribution >= 0.6 is 0 Å². The number of hydrogen-bond acceptors (Lipinski definition) is 9. The maximum Gasteiger partial charge on any atom is 0.339 e. The smallest absolute Gasteiger partial charge is 0.339 e. The lowest BCUT2D eigenvalue weighted by molar-refractivity contribution is -0.384. The van der Waals surface area contributed by atoms with Crippen LogP contribution in [0.25, 0.3) is 11.1 Å². The van der Waals surface area contributed by atoms with Gasteiger partial charge in [-0.05, 0) is 78.7 Å². The Morgan fingerprint density at radius 2 is 1.48 bits per heavy atom. The number of ether oxygens (including phenoxy) is 1. The molecule has 1 aliphatic heterocycles. The molecule has 4 aromatic carbocycles. The maximum atomic E-state index is 12.7. The number of anilines is 1. The molecule has 0 spiro atoms. The predicted octanol–water partition coefficient (Wildman–Crippen LogP) is 5.12. The van der Waals surface area contributed by atoms with Gasteiger partial charge < -0.3 is 13.8 Å². The molecule has 0 aromatic heterocycles. The number of Topliss-reactive ketones (excluding diaryl/α,β-unsaturated/α-hetero) is 1. The van der Waals surface area contributed by atoms with Crippen molar-refractivity contribution in [2.24, 2.45) is 5.92 Å². The molecule has 1 fully saturated rings. The molecular weight excluding hydrogens is 588 g/mol. The average Bonchev–Trinajstić information content (AvgIpc) is 3.41. The average molecular weight is 615 g/mol. The van der Waals surface area contributed by atoms with Crippen molar-refractivity contribution in [3.8, 4) is 16.9 Å². The lowest BCUT2D eigenvalue weighted by Crippen LogP contribution is -2.27. The van der Waals surface area contributed by atoms with Crippen LogP contribution in [-0.4, -0.2) is 44.2 Å². The summed E-state index contributed by atoms with van der Waals surface area (Å²) >= 11 is 0. The number of nitrogens with zero attached hydrogens (tertiary/aromatic N) is 2. The Hall–Kier alpha value is -5.36. The van der Waals surface area contributed by atoms with Gasteiger partial charge >= 0.3 is 16.1 Å². The zero-order valence-electron chi connectivity index (χ0n) is 23.4. The number of carbonyl (C=O) groups is 3. The van der Waals surface area contributed by atoms with Crippen molar-refractivity contribution < 1.29 is 36.6 Å². The zero-order chi connectivity index (χ0) is 31.4. The van der Waals surface area contributed by atoms with Gasteiger partial charge in [-0.2, -0.15) is 8.42 Å². The van der Waals surface area contributed by atoms with E-state index in [1.54, 1.807) is 48.5 Å². The van der Waals surface area contributed by atoms with E-state index in [4.69, 9.17) is 8.92 Å². The number of amides is 1. The van der Waals surface area contributed by atoms with E-state index in [2.05, 4.69) is 0 Å². The van der Waals surface area contributed by atoms with E-state index in [0.29, 0.717) is 5.69 Å². The van der Waals surface area contributed by atoms with Crippen LogP contribution in [0.15, 0.2) is 102 Å². The molecule has 0 N–H and O–H groups in total. The summed E-state index contributed by atoms with van der Waals surface area (Å²) in [5.74, 6) is -2.19. The van der Waals surface area contributed by atoms with Crippen LogP contribution in [0, 0.1) is 23.0 Å². The number of ketones is 1. The molecule has 44 heavy (non-hydrogen) atoms. The molecule has 1 atom stereocenters. The fourth-order valence-electron chi connectivity index (χ4n) is 4.64. The van der Waals surface area contributed by atoms with Gasteiger partial charge in [0.15, 0.2) is 12.4 Å². The third kappa shape index (κ3) is 6.81. The number of nitro groups is 1. The Balaban J connectivity index is 1.14. The van der Waals surface area contributed by atoms with Crippen molar-refractivity contribution in [3.63, 3.8) is 0 Å². The first kappa shape index (κ1) is 30.1. The molecule has 1 saturated heterocycles. The summed E-state index contributed by atoms with van der Waals surface area (Å²) in [4.78, 5) is 49.9. The number of benzene rings is 4. The predicted molar refractivity (Wildman–Crippen MR) is 160 cm³/mol. The molecule has 0 aliphatic carbocycles. The maximum absolute atomic E-state index is 12.7. The van der Waals surface area contributed by atoms with Gasteiger partial charge in [-0.15, -0.1) is 0 Å². The SMILES string of the molecule is Cc1ccc(S(=O)(=O)Oc2ccc(C(=O)COC(=O)[C@H]3CC(=O)N(c4ccc(-c5ccc([N+](=O)[O-])cc5)cc4)C3)cc2)cc1. The van der Waals surface area contributed by atoms with Crippen LogP contribution in [0.5, 0.6) is 5.75 Å². The van der Waals surface area contributed by atoms with Crippen LogP contribution in [0.1, 0.15) is 22.3 Å². The number of carbonyl (C=O) groups excluding carboxylic acids is 3. The highest BCUT2D eigenvalue weighted by atomic mass is 32.2. The standard InChI is InChI=1S/C32H26N2O9S/c1-21-2-16-29(17-3-21)44(40,41)43-28-14-8-24(9-15-28)30(35)20-42-32(37)25-18-31(36)33(19-25)26-10-4-22(5-11-26)23-6-12-27(13-7-23)34(38)39/h2-17,25H,18-20H2,1H3/t25-/m0/s1. The van der Waals surface area contributed by atoms with Gasteiger partial charge in [0.1, 0.15) is 10.6 Å². The van der Waals surface area contributed by atoms with Crippen molar-refractivity contribution >= 4 is 39.2 Å². The Morgan fingerprint density at radius 1 is 0.886 bits per heavy atom. The van der Waals surface area contributed by atoms with Crippen molar-refractivity contribution in [1.82, 2.24) is 0 Å². The van der Waals surface area contributed by atoms with Crippen molar-refractivity contribution in [2.45, 2.75) is 18.2 Å². The van der Waals surface area contributed by atoms with E-state index in [9.17, 15) is 32.9 Å². The second-order valence-electron chi connectivity index (χ2n) is 10.2. The first-order valence-corrected chi connectivity index (χ1v) is 14.9. The fourth-order valence-corrected chi connectivity index (χ4v) is 5.57. The number of hydrogen-bond donors (Lipinski definition) is 0. The minimum absolute atomic E-state index is 0.00149. The van der Waals surface area contributed by atoms with Gasteiger partial charge in [-0.3, -0.25) is 24.5 Å². The van der Waals surface area contributed by atoms with E-state index < -0.39 is 39.3 Å². The molecule has 224 valence electrons. The molecule has 12 heteroatoms. The number of aryl methyl sites for hydroxylation is 1. The molecule has 1 heterocycles. The third-order valence-corrected chi connectivity index (χ3v) is 8.35.